The number of hydrogen-bond acceptors (Lipinski definition) is 3. The number of imide groups is 1. The first-order valence-corrected chi connectivity index (χ1v) is 9.52. The summed E-state index contributed by atoms with van der Waals surface area (Å²) in [4.78, 5) is 29.6. The zero-order valence-corrected chi connectivity index (χ0v) is 17.9. The molecule has 0 aromatic rings. The van der Waals surface area contributed by atoms with Gasteiger partial charge in [0.15, 0.2) is 5.96 Å². The third-order valence-corrected chi connectivity index (χ3v) is 5.02. The van der Waals surface area contributed by atoms with Crippen molar-refractivity contribution in [3.63, 3.8) is 0 Å². The molecule has 0 radical (unpaired) electrons. The molecule has 0 bridgehead atoms. The average molecular weight is 464 g/mol. The molecular weight excluding hydrogens is 431 g/mol. The van der Waals surface area contributed by atoms with Crippen molar-refractivity contribution in [3.8, 4) is 0 Å². The number of guanidine groups is 1. The second-order valence-electron chi connectivity index (χ2n) is 6.84. The van der Waals surface area contributed by atoms with Gasteiger partial charge in [0.2, 0.25) is 11.8 Å². The van der Waals surface area contributed by atoms with Crippen molar-refractivity contribution in [2.75, 3.05) is 19.6 Å². The molecule has 1 aliphatic heterocycles. The predicted molar refractivity (Wildman–Crippen MR) is 111 cm³/mol. The zero-order valence-electron chi connectivity index (χ0n) is 15.6. The summed E-state index contributed by atoms with van der Waals surface area (Å²) in [6.07, 6.45) is 7.87. The number of halogens is 1. The second kappa shape index (κ2) is 11.7. The van der Waals surface area contributed by atoms with Crippen LogP contribution in [0, 0.1) is 5.92 Å². The molecular formula is C18H33IN4O2. The molecule has 2 amide bonds. The highest BCUT2D eigenvalue weighted by Crippen LogP contribution is 2.26. The van der Waals surface area contributed by atoms with Gasteiger partial charge in [0.25, 0.3) is 0 Å². The maximum atomic E-state index is 11.8. The summed E-state index contributed by atoms with van der Waals surface area (Å²) in [7, 11) is 0. The van der Waals surface area contributed by atoms with Crippen molar-refractivity contribution in [1.29, 1.82) is 0 Å². The summed E-state index contributed by atoms with van der Waals surface area (Å²) in [5, 5.41) is 6.81. The standard InChI is InChI=1S/C18H32N4O2.HI/c1-3-14-7-5-8-15(13-14)21-18(19-4-2)20-11-12-22-16(23)9-6-10-17(22)24;/h14-15H,3-13H2,1-2H3,(H2,19,20,21);1H. The van der Waals surface area contributed by atoms with E-state index in [2.05, 4.69) is 22.5 Å². The molecule has 2 atom stereocenters. The summed E-state index contributed by atoms with van der Waals surface area (Å²) in [6, 6.07) is 0.472. The van der Waals surface area contributed by atoms with Crippen LogP contribution in [-0.4, -0.2) is 48.3 Å². The molecule has 0 aromatic heterocycles. The second-order valence-corrected chi connectivity index (χ2v) is 6.84. The number of aliphatic imine (C=N–C) groups is 1. The zero-order chi connectivity index (χ0) is 17.4. The fourth-order valence-electron chi connectivity index (χ4n) is 3.62. The van der Waals surface area contributed by atoms with Crippen LogP contribution >= 0.6 is 24.0 Å². The maximum Gasteiger partial charge on any atom is 0.229 e. The number of rotatable bonds is 6. The summed E-state index contributed by atoms with van der Waals surface area (Å²) < 4.78 is 0. The number of carbonyl (C=O) groups excluding carboxylic acids is 2. The van der Waals surface area contributed by atoms with E-state index in [1.807, 2.05) is 6.92 Å². The Labute approximate surface area is 168 Å². The van der Waals surface area contributed by atoms with E-state index in [1.165, 1.54) is 37.0 Å². The molecule has 2 rings (SSSR count). The molecule has 2 fully saturated rings. The molecule has 0 aromatic carbocycles. The minimum absolute atomic E-state index is 0. The van der Waals surface area contributed by atoms with Gasteiger partial charge in [-0.3, -0.25) is 19.5 Å². The van der Waals surface area contributed by atoms with Gasteiger partial charge >= 0.3 is 0 Å². The summed E-state index contributed by atoms with van der Waals surface area (Å²) >= 11 is 0. The van der Waals surface area contributed by atoms with Crippen LogP contribution in [-0.2, 0) is 9.59 Å². The van der Waals surface area contributed by atoms with Gasteiger partial charge < -0.3 is 10.6 Å². The van der Waals surface area contributed by atoms with Gasteiger partial charge in [-0.05, 0) is 32.1 Å². The van der Waals surface area contributed by atoms with Gasteiger partial charge in [-0.15, -0.1) is 24.0 Å². The molecule has 2 N–H and O–H groups in total. The highest BCUT2D eigenvalue weighted by Gasteiger charge is 2.25. The van der Waals surface area contributed by atoms with Gasteiger partial charge in [-0.25, -0.2) is 0 Å². The number of nitrogens with zero attached hydrogens (tertiary/aromatic N) is 2. The molecule has 1 saturated heterocycles. The molecule has 2 unspecified atom stereocenters. The summed E-state index contributed by atoms with van der Waals surface area (Å²) in [5.41, 5.74) is 0. The van der Waals surface area contributed by atoms with Crippen LogP contribution in [0.4, 0.5) is 0 Å². The smallest absolute Gasteiger partial charge is 0.229 e. The predicted octanol–water partition coefficient (Wildman–Crippen LogP) is 2.67. The van der Waals surface area contributed by atoms with Crippen molar-refractivity contribution in [2.24, 2.45) is 10.9 Å². The Morgan fingerprint density at radius 1 is 1.16 bits per heavy atom. The van der Waals surface area contributed by atoms with Gasteiger partial charge in [-0.2, -0.15) is 0 Å². The fraction of sp³-hybridized carbons (Fsp3) is 0.833. The minimum atomic E-state index is -0.0579. The van der Waals surface area contributed by atoms with Crippen molar-refractivity contribution in [2.45, 2.75) is 71.3 Å². The first-order valence-electron chi connectivity index (χ1n) is 9.52. The van der Waals surface area contributed by atoms with E-state index >= 15 is 0 Å². The van der Waals surface area contributed by atoms with Crippen LogP contribution in [0.3, 0.4) is 0 Å². The first-order chi connectivity index (χ1) is 11.6. The van der Waals surface area contributed by atoms with Crippen molar-refractivity contribution in [1.82, 2.24) is 15.5 Å². The van der Waals surface area contributed by atoms with Crippen LogP contribution in [0.1, 0.15) is 65.2 Å². The Balaban J connectivity index is 0.00000312. The third kappa shape index (κ3) is 7.11. The molecule has 1 saturated carbocycles. The Bertz CT molecular complexity index is 454. The molecule has 6 nitrogen and oxygen atoms in total. The Morgan fingerprint density at radius 2 is 1.88 bits per heavy atom. The lowest BCUT2D eigenvalue weighted by atomic mass is 9.84. The number of amides is 2. The Morgan fingerprint density at radius 3 is 2.52 bits per heavy atom. The third-order valence-electron chi connectivity index (χ3n) is 5.02. The SMILES string of the molecule is CCNC(=NCCN1C(=O)CCCC1=O)NC1CCCC(CC)C1.I. The lowest BCUT2D eigenvalue weighted by Gasteiger charge is -2.30. The Kier molecular flexibility index (Phi) is 10.4. The quantitative estimate of drug-likeness (QED) is 0.275. The average Bonchev–Trinajstić information content (AvgIpc) is 2.58. The molecule has 25 heavy (non-hydrogen) atoms. The number of nitrogens with one attached hydrogen (secondary N) is 2. The van der Waals surface area contributed by atoms with Gasteiger partial charge in [0.1, 0.15) is 0 Å². The topological polar surface area (TPSA) is 73.8 Å². The van der Waals surface area contributed by atoms with Crippen LogP contribution in [0.25, 0.3) is 0 Å². The number of carbonyl (C=O) groups is 2. The maximum absolute atomic E-state index is 11.8. The molecule has 1 heterocycles. The van der Waals surface area contributed by atoms with Gasteiger partial charge in [-0.1, -0.05) is 26.2 Å². The number of likely N-dealkylation sites (tertiary alicyclic amines) is 1. The van der Waals surface area contributed by atoms with Crippen molar-refractivity contribution >= 4 is 41.8 Å². The van der Waals surface area contributed by atoms with E-state index in [0.717, 1.165) is 18.4 Å². The van der Waals surface area contributed by atoms with Crippen LogP contribution in [0.15, 0.2) is 4.99 Å². The molecule has 144 valence electrons. The number of hydrogen-bond donors (Lipinski definition) is 2. The number of piperidine rings is 1. The van der Waals surface area contributed by atoms with Crippen LogP contribution in [0.2, 0.25) is 0 Å². The lowest BCUT2D eigenvalue weighted by molar-refractivity contribution is -0.147. The van der Waals surface area contributed by atoms with Crippen molar-refractivity contribution < 1.29 is 9.59 Å². The summed E-state index contributed by atoms with van der Waals surface area (Å²) in [5.74, 6) is 1.49. The minimum Gasteiger partial charge on any atom is -0.357 e. The van der Waals surface area contributed by atoms with Gasteiger partial charge in [0, 0.05) is 32.0 Å². The monoisotopic (exact) mass is 464 g/mol. The molecule has 2 aliphatic rings. The van der Waals surface area contributed by atoms with E-state index in [-0.39, 0.29) is 35.8 Å². The Hall–Kier alpha value is -0.860. The highest BCUT2D eigenvalue weighted by atomic mass is 127. The van der Waals surface area contributed by atoms with E-state index < -0.39 is 0 Å². The first kappa shape index (κ1) is 22.2. The van der Waals surface area contributed by atoms with E-state index in [1.54, 1.807) is 0 Å². The highest BCUT2D eigenvalue weighted by molar-refractivity contribution is 14.0. The largest absolute Gasteiger partial charge is 0.357 e. The van der Waals surface area contributed by atoms with Crippen LogP contribution in [0.5, 0.6) is 0 Å². The summed E-state index contributed by atoms with van der Waals surface area (Å²) in [6.45, 7) is 5.95. The van der Waals surface area contributed by atoms with E-state index in [9.17, 15) is 9.59 Å². The van der Waals surface area contributed by atoms with Gasteiger partial charge in [0.05, 0.1) is 6.54 Å². The normalized spacial score (nSPS) is 24.7. The van der Waals surface area contributed by atoms with E-state index in [4.69, 9.17) is 0 Å². The molecule has 1 aliphatic carbocycles. The molecule has 7 heteroatoms. The van der Waals surface area contributed by atoms with E-state index in [0.29, 0.717) is 38.4 Å². The fourth-order valence-corrected chi connectivity index (χ4v) is 3.62. The van der Waals surface area contributed by atoms with Crippen molar-refractivity contribution in [3.05, 3.63) is 0 Å². The van der Waals surface area contributed by atoms with Crippen LogP contribution < -0.4 is 10.6 Å². The molecule has 0 spiro atoms. The lowest BCUT2D eigenvalue weighted by Crippen LogP contribution is -2.46.